The van der Waals surface area contributed by atoms with Crippen molar-refractivity contribution in [1.29, 1.82) is 0 Å². The molecule has 0 aromatic heterocycles. The molecular weight excluding hydrogens is 318 g/mol. The second-order valence-corrected chi connectivity index (χ2v) is 5.70. The van der Waals surface area contributed by atoms with E-state index in [0.717, 1.165) is 15.8 Å². The molecule has 0 aliphatic heterocycles. The highest BCUT2D eigenvalue weighted by Crippen LogP contribution is 2.28. The maximum atomic E-state index is 5.88. The van der Waals surface area contributed by atoms with Gasteiger partial charge >= 0.3 is 0 Å². The minimum absolute atomic E-state index is 0.0824. The number of nitrogen functional groups attached to an aromatic ring is 1. The molecule has 0 aliphatic carbocycles. The summed E-state index contributed by atoms with van der Waals surface area (Å²) >= 11 is 3.41. The number of nitrogens with two attached hydrogens (primary N) is 1. The van der Waals surface area contributed by atoms with Crippen LogP contribution >= 0.6 is 15.9 Å². The van der Waals surface area contributed by atoms with Crippen LogP contribution in [0.1, 0.15) is 19.4 Å². The van der Waals surface area contributed by atoms with Crippen LogP contribution in [0, 0.1) is 0 Å². The SMILES string of the molecule is CC(C)Oc1cc(OCc2ccc(Br)cc2)ccc1N. The Bertz CT molecular complexity index is 567. The van der Waals surface area contributed by atoms with Crippen molar-refractivity contribution in [1.82, 2.24) is 0 Å². The van der Waals surface area contributed by atoms with Gasteiger partial charge < -0.3 is 15.2 Å². The molecule has 0 aliphatic rings. The minimum atomic E-state index is 0.0824. The highest BCUT2D eigenvalue weighted by molar-refractivity contribution is 9.10. The van der Waals surface area contributed by atoms with Crippen LogP contribution in [0.15, 0.2) is 46.9 Å². The van der Waals surface area contributed by atoms with Crippen LogP contribution in [0.25, 0.3) is 0 Å². The molecule has 106 valence electrons. The van der Waals surface area contributed by atoms with E-state index in [0.29, 0.717) is 18.0 Å². The number of rotatable bonds is 5. The van der Waals surface area contributed by atoms with Crippen molar-refractivity contribution < 1.29 is 9.47 Å². The molecule has 0 amide bonds. The molecule has 2 rings (SSSR count). The van der Waals surface area contributed by atoms with E-state index in [1.807, 2.05) is 50.2 Å². The van der Waals surface area contributed by atoms with E-state index in [-0.39, 0.29) is 6.10 Å². The van der Waals surface area contributed by atoms with E-state index in [2.05, 4.69) is 15.9 Å². The summed E-state index contributed by atoms with van der Waals surface area (Å²) in [6.45, 7) is 4.45. The zero-order valence-corrected chi connectivity index (χ0v) is 13.2. The fourth-order valence-electron chi connectivity index (χ4n) is 1.71. The van der Waals surface area contributed by atoms with Gasteiger partial charge in [-0.2, -0.15) is 0 Å². The molecule has 0 fully saturated rings. The summed E-state index contributed by atoms with van der Waals surface area (Å²) in [6, 6.07) is 13.5. The number of ether oxygens (including phenoxy) is 2. The van der Waals surface area contributed by atoms with Gasteiger partial charge in [-0.15, -0.1) is 0 Å². The smallest absolute Gasteiger partial charge is 0.146 e. The first-order chi connectivity index (χ1) is 9.54. The fourth-order valence-corrected chi connectivity index (χ4v) is 1.97. The van der Waals surface area contributed by atoms with E-state index in [1.165, 1.54) is 0 Å². The van der Waals surface area contributed by atoms with E-state index >= 15 is 0 Å². The van der Waals surface area contributed by atoms with Crippen LogP contribution in [0.4, 0.5) is 5.69 Å². The molecule has 0 atom stereocenters. The monoisotopic (exact) mass is 335 g/mol. The number of hydrogen-bond donors (Lipinski definition) is 1. The molecule has 2 aromatic carbocycles. The summed E-state index contributed by atoms with van der Waals surface area (Å²) in [7, 11) is 0. The molecule has 20 heavy (non-hydrogen) atoms. The molecule has 4 heteroatoms. The predicted molar refractivity (Wildman–Crippen MR) is 85.1 cm³/mol. The number of benzene rings is 2. The van der Waals surface area contributed by atoms with E-state index in [4.69, 9.17) is 15.2 Å². The maximum Gasteiger partial charge on any atom is 0.146 e. The molecule has 2 aromatic rings. The van der Waals surface area contributed by atoms with Crippen LogP contribution in [-0.2, 0) is 6.61 Å². The second-order valence-electron chi connectivity index (χ2n) is 4.78. The summed E-state index contributed by atoms with van der Waals surface area (Å²) in [6.07, 6.45) is 0.0824. The molecule has 0 saturated carbocycles. The van der Waals surface area contributed by atoms with Gasteiger partial charge in [-0.3, -0.25) is 0 Å². The lowest BCUT2D eigenvalue weighted by Crippen LogP contribution is -2.07. The highest BCUT2D eigenvalue weighted by atomic mass is 79.9. The topological polar surface area (TPSA) is 44.5 Å². The quantitative estimate of drug-likeness (QED) is 0.823. The van der Waals surface area contributed by atoms with Crippen molar-refractivity contribution in [3.63, 3.8) is 0 Å². The van der Waals surface area contributed by atoms with E-state index in [1.54, 1.807) is 6.07 Å². The largest absolute Gasteiger partial charge is 0.489 e. The first-order valence-electron chi connectivity index (χ1n) is 6.48. The zero-order valence-electron chi connectivity index (χ0n) is 11.6. The van der Waals surface area contributed by atoms with Crippen LogP contribution in [0.3, 0.4) is 0 Å². The lowest BCUT2D eigenvalue weighted by molar-refractivity contribution is 0.241. The van der Waals surface area contributed by atoms with Gasteiger partial charge in [-0.25, -0.2) is 0 Å². The highest BCUT2D eigenvalue weighted by Gasteiger charge is 2.05. The Morgan fingerprint density at radius 3 is 2.45 bits per heavy atom. The van der Waals surface area contributed by atoms with Crippen molar-refractivity contribution in [2.45, 2.75) is 26.6 Å². The average Bonchev–Trinajstić information content (AvgIpc) is 2.41. The van der Waals surface area contributed by atoms with Crippen molar-refractivity contribution in [2.75, 3.05) is 5.73 Å². The average molecular weight is 336 g/mol. The lowest BCUT2D eigenvalue weighted by Gasteiger charge is -2.14. The molecule has 0 spiro atoms. The van der Waals surface area contributed by atoms with Gasteiger partial charge in [0.2, 0.25) is 0 Å². The van der Waals surface area contributed by atoms with Gasteiger partial charge in [-0.05, 0) is 43.7 Å². The molecule has 2 N–H and O–H groups in total. The summed E-state index contributed by atoms with van der Waals surface area (Å²) in [5.74, 6) is 1.41. The normalized spacial score (nSPS) is 10.6. The van der Waals surface area contributed by atoms with Crippen molar-refractivity contribution >= 4 is 21.6 Å². The predicted octanol–water partition coefficient (Wildman–Crippen LogP) is 4.40. The van der Waals surface area contributed by atoms with Gasteiger partial charge in [0, 0.05) is 10.5 Å². The van der Waals surface area contributed by atoms with Crippen molar-refractivity contribution in [3.8, 4) is 11.5 Å². The zero-order chi connectivity index (χ0) is 14.5. The minimum Gasteiger partial charge on any atom is -0.489 e. The molecule has 3 nitrogen and oxygen atoms in total. The first-order valence-corrected chi connectivity index (χ1v) is 7.27. The van der Waals surface area contributed by atoms with Gasteiger partial charge in [0.05, 0.1) is 11.8 Å². The van der Waals surface area contributed by atoms with Crippen LogP contribution in [0.2, 0.25) is 0 Å². The van der Waals surface area contributed by atoms with Gasteiger partial charge in [-0.1, -0.05) is 28.1 Å². The first kappa shape index (κ1) is 14.7. The Hall–Kier alpha value is -1.68. The molecular formula is C16H18BrNO2. The van der Waals surface area contributed by atoms with Crippen LogP contribution in [-0.4, -0.2) is 6.10 Å². The summed E-state index contributed by atoms with van der Waals surface area (Å²) in [5, 5.41) is 0. The standard InChI is InChI=1S/C16H18BrNO2/c1-11(2)20-16-9-14(7-8-15(16)18)19-10-12-3-5-13(17)6-4-12/h3-9,11H,10,18H2,1-2H3. The Morgan fingerprint density at radius 1 is 1.10 bits per heavy atom. The Balaban J connectivity index is 2.04. The molecule has 0 radical (unpaired) electrons. The Kier molecular flexibility index (Phi) is 4.90. The molecule has 0 unspecified atom stereocenters. The summed E-state index contributed by atoms with van der Waals surface area (Å²) in [5.41, 5.74) is 7.60. The van der Waals surface area contributed by atoms with Crippen LogP contribution in [0.5, 0.6) is 11.5 Å². The third-order valence-corrected chi connectivity index (χ3v) is 3.20. The third kappa shape index (κ3) is 4.17. The lowest BCUT2D eigenvalue weighted by atomic mass is 10.2. The number of halogens is 1. The number of anilines is 1. The number of hydrogen-bond acceptors (Lipinski definition) is 3. The molecule has 0 heterocycles. The summed E-state index contributed by atoms with van der Waals surface area (Å²) in [4.78, 5) is 0. The maximum absolute atomic E-state index is 5.88. The van der Waals surface area contributed by atoms with Crippen molar-refractivity contribution in [2.24, 2.45) is 0 Å². The second kappa shape index (κ2) is 6.66. The molecule has 0 bridgehead atoms. The Morgan fingerprint density at radius 2 is 1.80 bits per heavy atom. The van der Waals surface area contributed by atoms with Crippen LogP contribution < -0.4 is 15.2 Å². The third-order valence-electron chi connectivity index (χ3n) is 2.67. The Labute approximate surface area is 127 Å². The molecule has 0 saturated heterocycles. The van der Waals surface area contributed by atoms with Gasteiger partial charge in [0.25, 0.3) is 0 Å². The van der Waals surface area contributed by atoms with Gasteiger partial charge in [0.1, 0.15) is 18.1 Å². The van der Waals surface area contributed by atoms with Crippen molar-refractivity contribution in [3.05, 3.63) is 52.5 Å². The van der Waals surface area contributed by atoms with E-state index in [9.17, 15) is 0 Å². The summed E-state index contributed by atoms with van der Waals surface area (Å²) < 4.78 is 12.5. The van der Waals surface area contributed by atoms with E-state index < -0.39 is 0 Å². The van der Waals surface area contributed by atoms with Gasteiger partial charge in [0.15, 0.2) is 0 Å². The fraction of sp³-hybridized carbons (Fsp3) is 0.250.